The lowest BCUT2D eigenvalue weighted by molar-refractivity contribution is 0.0934. The zero-order valence-corrected chi connectivity index (χ0v) is 11.4. The summed E-state index contributed by atoms with van der Waals surface area (Å²) in [5.74, 6) is 0.556. The summed E-state index contributed by atoms with van der Waals surface area (Å²) in [4.78, 5) is 12.1. The Balaban J connectivity index is 3.01. The second-order valence-electron chi connectivity index (χ2n) is 4.18. The smallest absolute Gasteiger partial charge is 0.253 e. The number of nitrogens with one attached hydrogen (secondary N) is 1. The normalized spacial score (nSPS) is 11.8. The molecule has 0 saturated heterocycles. The third-order valence-electron chi connectivity index (χ3n) is 2.76. The number of ether oxygens (including phenoxy) is 2. The molecule has 0 bridgehead atoms. The number of hydrogen-bond donors (Lipinski definition) is 3. The van der Waals surface area contributed by atoms with Gasteiger partial charge in [-0.25, -0.2) is 0 Å². The largest absolute Gasteiger partial charge is 0.497 e. The zero-order valence-electron chi connectivity index (χ0n) is 11.4. The van der Waals surface area contributed by atoms with E-state index in [1.807, 2.05) is 6.92 Å². The first-order valence-electron chi connectivity index (χ1n) is 5.96. The van der Waals surface area contributed by atoms with Gasteiger partial charge in [0.05, 0.1) is 25.5 Å². The number of carbonyl (C=O) groups is 1. The fourth-order valence-corrected chi connectivity index (χ4v) is 1.64. The van der Waals surface area contributed by atoms with E-state index in [1.165, 1.54) is 14.2 Å². The summed E-state index contributed by atoms with van der Waals surface area (Å²) in [6.45, 7) is 1.82. The topological polar surface area (TPSA) is 93.8 Å². The molecule has 1 aromatic carbocycles. The Morgan fingerprint density at radius 1 is 1.42 bits per heavy atom. The van der Waals surface area contributed by atoms with Crippen LogP contribution in [0.5, 0.6) is 11.5 Å². The number of benzene rings is 1. The van der Waals surface area contributed by atoms with Gasteiger partial charge >= 0.3 is 0 Å². The maximum absolute atomic E-state index is 12.1. The zero-order chi connectivity index (χ0) is 14.4. The molecule has 0 aromatic heterocycles. The summed E-state index contributed by atoms with van der Waals surface area (Å²) in [6.07, 6.45) is 0.479. The minimum absolute atomic E-state index is 0.0123. The highest BCUT2D eigenvalue weighted by Gasteiger charge is 2.17. The highest BCUT2D eigenvalue weighted by Crippen LogP contribution is 2.31. The fourth-order valence-electron chi connectivity index (χ4n) is 1.64. The van der Waals surface area contributed by atoms with Crippen LogP contribution < -0.4 is 20.5 Å². The maximum Gasteiger partial charge on any atom is 0.253 e. The first kappa shape index (κ1) is 15.1. The molecule has 0 radical (unpaired) electrons. The van der Waals surface area contributed by atoms with Crippen molar-refractivity contribution in [2.75, 3.05) is 26.6 Å². The van der Waals surface area contributed by atoms with Gasteiger partial charge in [0.15, 0.2) is 0 Å². The van der Waals surface area contributed by atoms with E-state index in [2.05, 4.69) is 5.32 Å². The van der Waals surface area contributed by atoms with E-state index in [0.717, 1.165) is 0 Å². The molecule has 1 unspecified atom stereocenters. The Hall–Kier alpha value is -1.95. The van der Waals surface area contributed by atoms with Crippen molar-refractivity contribution in [2.45, 2.75) is 19.4 Å². The number of carbonyl (C=O) groups excluding carboxylic acids is 1. The highest BCUT2D eigenvalue weighted by molar-refractivity contribution is 6.01. The number of methoxy groups -OCH3 is 2. The molecule has 6 nitrogen and oxygen atoms in total. The van der Waals surface area contributed by atoms with Crippen molar-refractivity contribution in [1.82, 2.24) is 5.32 Å². The van der Waals surface area contributed by atoms with Crippen molar-refractivity contribution in [1.29, 1.82) is 0 Å². The van der Waals surface area contributed by atoms with Crippen molar-refractivity contribution in [3.63, 3.8) is 0 Å². The van der Waals surface area contributed by atoms with Crippen molar-refractivity contribution in [2.24, 2.45) is 0 Å². The monoisotopic (exact) mass is 268 g/mol. The number of nitrogens with two attached hydrogens (primary N) is 1. The van der Waals surface area contributed by atoms with Gasteiger partial charge in [-0.3, -0.25) is 4.79 Å². The van der Waals surface area contributed by atoms with Gasteiger partial charge in [0, 0.05) is 18.7 Å². The van der Waals surface area contributed by atoms with Gasteiger partial charge in [0.1, 0.15) is 11.5 Å². The molecule has 0 spiro atoms. The van der Waals surface area contributed by atoms with E-state index in [1.54, 1.807) is 12.1 Å². The standard InChI is InChI=1S/C13H20N2O4/c1-8(4-5-16)15-13(17)10-6-9(18-2)7-11(19-3)12(10)14/h6-8,16H,4-5,14H2,1-3H3,(H,15,17). The summed E-state index contributed by atoms with van der Waals surface area (Å²) in [7, 11) is 2.97. The fraction of sp³-hybridized carbons (Fsp3) is 0.462. The van der Waals surface area contributed by atoms with Gasteiger partial charge in [-0.05, 0) is 19.4 Å². The molecule has 1 atom stereocenters. The van der Waals surface area contributed by atoms with Crippen LogP contribution >= 0.6 is 0 Å². The van der Waals surface area contributed by atoms with E-state index < -0.39 is 0 Å². The number of aliphatic hydroxyl groups excluding tert-OH is 1. The first-order chi connectivity index (χ1) is 9.03. The molecule has 1 amide bonds. The summed E-state index contributed by atoms with van der Waals surface area (Å²) in [5, 5.41) is 11.6. The molecule has 0 aliphatic rings. The summed E-state index contributed by atoms with van der Waals surface area (Å²) in [5.41, 5.74) is 6.43. The SMILES string of the molecule is COc1cc(OC)c(N)c(C(=O)NC(C)CCO)c1. The van der Waals surface area contributed by atoms with Gasteiger partial charge in [-0.2, -0.15) is 0 Å². The van der Waals surface area contributed by atoms with Crippen LogP contribution in [-0.4, -0.2) is 37.9 Å². The Labute approximate surface area is 112 Å². The van der Waals surface area contributed by atoms with Crippen LogP contribution in [0.25, 0.3) is 0 Å². The third-order valence-corrected chi connectivity index (χ3v) is 2.76. The van der Waals surface area contributed by atoms with Crippen LogP contribution in [0.1, 0.15) is 23.7 Å². The van der Waals surface area contributed by atoms with Crippen LogP contribution in [0.2, 0.25) is 0 Å². The molecular formula is C13H20N2O4. The number of nitrogen functional groups attached to an aromatic ring is 1. The molecule has 6 heteroatoms. The Bertz CT molecular complexity index is 449. The predicted molar refractivity (Wildman–Crippen MR) is 72.6 cm³/mol. The molecule has 19 heavy (non-hydrogen) atoms. The second-order valence-corrected chi connectivity index (χ2v) is 4.18. The number of rotatable bonds is 6. The Kier molecular flexibility index (Phi) is 5.44. The van der Waals surface area contributed by atoms with Crippen molar-refractivity contribution < 1.29 is 19.4 Å². The van der Waals surface area contributed by atoms with Crippen molar-refractivity contribution >= 4 is 11.6 Å². The highest BCUT2D eigenvalue weighted by atomic mass is 16.5. The predicted octanol–water partition coefficient (Wildman–Crippen LogP) is 0.787. The summed E-state index contributed by atoms with van der Waals surface area (Å²) >= 11 is 0. The molecular weight excluding hydrogens is 248 g/mol. The number of amides is 1. The van der Waals surface area contributed by atoms with E-state index in [9.17, 15) is 4.79 Å². The van der Waals surface area contributed by atoms with Gasteiger partial charge in [-0.1, -0.05) is 0 Å². The average molecular weight is 268 g/mol. The minimum atomic E-state index is -0.323. The first-order valence-corrected chi connectivity index (χ1v) is 5.96. The van der Waals surface area contributed by atoms with Gasteiger partial charge in [-0.15, -0.1) is 0 Å². The van der Waals surface area contributed by atoms with Crippen LogP contribution in [-0.2, 0) is 0 Å². The lowest BCUT2D eigenvalue weighted by Crippen LogP contribution is -2.33. The van der Waals surface area contributed by atoms with Gasteiger partial charge in [0.25, 0.3) is 5.91 Å². The number of hydrogen-bond acceptors (Lipinski definition) is 5. The number of aliphatic hydroxyl groups is 1. The summed E-state index contributed by atoms with van der Waals surface area (Å²) in [6, 6.07) is 3.02. The summed E-state index contributed by atoms with van der Waals surface area (Å²) < 4.78 is 10.2. The van der Waals surface area contributed by atoms with E-state index in [4.69, 9.17) is 20.3 Å². The number of anilines is 1. The molecule has 0 heterocycles. The molecule has 106 valence electrons. The lowest BCUT2D eigenvalue weighted by atomic mass is 10.1. The maximum atomic E-state index is 12.1. The van der Waals surface area contributed by atoms with E-state index >= 15 is 0 Å². The van der Waals surface area contributed by atoms with Crippen molar-refractivity contribution in [3.8, 4) is 11.5 Å². The second kappa shape index (κ2) is 6.84. The molecule has 4 N–H and O–H groups in total. The molecule has 1 aromatic rings. The average Bonchev–Trinajstić information content (AvgIpc) is 2.39. The van der Waals surface area contributed by atoms with Crippen LogP contribution in [0.4, 0.5) is 5.69 Å². The minimum Gasteiger partial charge on any atom is -0.497 e. The molecule has 1 rings (SSSR count). The van der Waals surface area contributed by atoms with Crippen LogP contribution in [0.15, 0.2) is 12.1 Å². The van der Waals surface area contributed by atoms with Crippen LogP contribution in [0.3, 0.4) is 0 Å². The van der Waals surface area contributed by atoms with E-state index in [-0.39, 0.29) is 24.2 Å². The quantitative estimate of drug-likeness (QED) is 0.663. The Morgan fingerprint density at radius 2 is 2.11 bits per heavy atom. The lowest BCUT2D eigenvalue weighted by Gasteiger charge is -2.16. The third kappa shape index (κ3) is 3.75. The molecule has 0 aliphatic carbocycles. The van der Waals surface area contributed by atoms with Gasteiger partial charge in [0.2, 0.25) is 0 Å². The van der Waals surface area contributed by atoms with Gasteiger partial charge < -0.3 is 25.6 Å². The molecule has 0 aliphatic heterocycles. The molecule has 0 fully saturated rings. The van der Waals surface area contributed by atoms with Crippen LogP contribution in [0, 0.1) is 0 Å². The molecule has 0 saturated carbocycles. The Morgan fingerprint density at radius 3 is 2.63 bits per heavy atom. The van der Waals surface area contributed by atoms with Crippen molar-refractivity contribution in [3.05, 3.63) is 17.7 Å². The van der Waals surface area contributed by atoms with E-state index in [0.29, 0.717) is 23.5 Å².